The van der Waals surface area contributed by atoms with Crippen LogP contribution in [0, 0.1) is 0 Å². The second kappa shape index (κ2) is 8.03. The van der Waals surface area contributed by atoms with Gasteiger partial charge in [0.2, 0.25) is 0 Å². The standard InChI is InChI=1S/C20H17Cl2NO4/c1-2-9-23-16-8-7-12(21)10-14(16)19(13-5-3-4-6-15(13)22)27-17(20(23)26)11-18(24)25/h3-8,10-11,19H,2,9H2,1H3,(H,24,25)/b17-11+/t19-/m1/s1. The summed E-state index contributed by atoms with van der Waals surface area (Å²) >= 11 is 12.6. The molecule has 5 nitrogen and oxygen atoms in total. The van der Waals surface area contributed by atoms with Gasteiger partial charge in [-0.25, -0.2) is 4.79 Å². The van der Waals surface area contributed by atoms with Gasteiger partial charge in [-0.2, -0.15) is 0 Å². The normalized spacial score (nSPS) is 18.0. The van der Waals surface area contributed by atoms with Gasteiger partial charge in [-0.15, -0.1) is 0 Å². The van der Waals surface area contributed by atoms with Gasteiger partial charge in [-0.1, -0.05) is 48.3 Å². The highest BCUT2D eigenvalue weighted by Crippen LogP contribution is 2.42. The third-order valence-electron chi connectivity index (χ3n) is 4.15. The lowest BCUT2D eigenvalue weighted by molar-refractivity contribution is -0.132. The first-order chi connectivity index (χ1) is 12.9. The molecule has 0 bridgehead atoms. The van der Waals surface area contributed by atoms with E-state index >= 15 is 0 Å². The number of fused-ring (bicyclic) bond motifs is 1. The van der Waals surface area contributed by atoms with E-state index in [4.69, 9.17) is 27.9 Å². The minimum Gasteiger partial charge on any atom is -0.478 e. The van der Waals surface area contributed by atoms with E-state index < -0.39 is 18.0 Å². The third-order valence-corrected chi connectivity index (χ3v) is 4.73. The largest absolute Gasteiger partial charge is 0.478 e. The summed E-state index contributed by atoms with van der Waals surface area (Å²) in [6.45, 7) is 2.34. The van der Waals surface area contributed by atoms with E-state index in [0.29, 0.717) is 39.8 Å². The maximum atomic E-state index is 13.0. The van der Waals surface area contributed by atoms with Crippen LogP contribution in [0.2, 0.25) is 10.0 Å². The third kappa shape index (κ3) is 3.94. The molecular weight excluding hydrogens is 389 g/mol. The Kier molecular flexibility index (Phi) is 5.73. The molecule has 2 aromatic carbocycles. The summed E-state index contributed by atoms with van der Waals surface area (Å²) in [4.78, 5) is 25.7. The zero-order valence-corrected chi connectivity index (χ0v) is 16.0. The molecular formula is C20H17Cl2NO4. The van der Waals surface area contributed by atoms with Crippen LogP contribution in [0.15, 0.2) is 54.3 Å². The fraction of sp³-hybridized carbons (Fsp3) is 0.200. The van der Waals surface area contributed by atoms with Crippen molar-refractivity contribution in [3.05, 3.63) is 75.5 Å². The molecule has 0 unspecified atom stereocenters. The number of ether oxygens (including phenoxy) is 1. The zero-order chi connectivity index (χ0) is 19.6. The highest BCUT2D eigenvalue weighted by molar-refractivity contribution is 6.31. The average molecular weight is 406 g/mol. The molecule has 1 heterocycles. The Morgan fingerprint density at radius 3 is 2.63 bits per heavy atom. The minimum atomic E-state index is -1.27. The molecule has 2 aromatic rings. The topological polar surface area (TPSA) is 66.8 Å². The maximum Gasteiger partial charge on any atom is 0.332 e. The average Bonchev–Trinajstić information content (AvgIpc) is 2.72. The second-order valence-corrected chi connectivity index (χ2v) is 6.87. The Labute approximate surface area is 166 Å². The van der Waals surface area contributed by atoms with Crippen LogP contribution in [0.25, 0.3) is 0 Å². The van der Waals surface area contributed by atoms with E-state index in [-0.39, 0.29) is 5.76 Å². The smallest absolute Gasteiger partial charge is 0.332 e. The zero-order valence-electron chi connectivity index (χ0n) is 14.5. The van der Waals surface area contributed by atoms with E-state index in [0.717, 1.165) is 6.08 Å². The summed E-state index contributed by atoms with van der Waals surface area (Å²) in [5, 5.41) is 10.1. The Morgan fingerprint density at radius 2 is 1.96 bits per heavy atom. The van der Waals surface area contributed by atoms with Gasteiger partial charge >= 0.3 is 5.97 Å². The van der Waals surface area contributed by atoms with Gasteiger partial charge in [0.1, 0.15) is 0 Å². The molecule has 27 heavy (non-hydrogen) atoms. The number of halogens is 2. The number of hydrogen-bond donors (Lipinski definition) is 1. The monoisotopic (exact) mass is 405 g/mol. The molecule has 0 aromatic heterocycles. The van der Waals surface area contributed by atoms with Crippen LogP contribution >= 0.6 is 23.2 Å². The number of anilines is 1. The van der Waals surface area contributed by atoms with Crippen molar-refractivity contribution in [1.82, 2.24) is 0 Å². The van der Waals surface area contributed by atoms with Crippen molar-refractivity contribution in [3.8, 4) is 0 Å². The van der Waals surface area contributed by atoms with Crippen molar-refractivity contribution in [2.24, 2.45) is 0 Å². The van der Waals surface area contributed by atoms with Gasteiger partial charge in [-0.05, 0) is 30.7 Å². The molecule has 1 aliphatic heterocycles. The molecule has 0 spiro atoms. The van der Waals surface area contributed by atoms with Crippen LogP contribution in [0.3, 0.4) is 0 Å². The van der Waals surface area contributed by atoms with Crippen molar-refractivity contribution >= 4 is 40.8 Å². The van der Waals surface area contributed by atoms with E-state index in [1.807, 2.05) is 6.92 Å². The summed E-state index contributed by atoms with van der Waals surface area (Å²) in [5.41, 5.74) is 1.88. The van der Waals surface area contributed by atoms with E-state index in [9.17, 15) is 14.7 Å². The molecule has 1 amide bonds. The van der Waals surface area contributed by atoms with Gasteiger partial charge in [0.15, 0.2) is 11.9 Å². The summed E-state index contributed by atoms with van der Waals surface area (Å²) in [6, 6.07) is 12.2. The van der Waals surface area contributed by atoms with Crippen molar-refractivity contribution in [2.45, 2.75) is 19.4 Å². The van der Waals surface area contributed by atoms with Crippen LogP contribution in [0.1, 0.15) is 30.6 Å². The number of carboxylic acids is 1. The summed E-state index contributed by atoms with van der Waals surface area (Å²) in [5.74, 6) is -2.04. The first-order valence-electron chi connectivity index (χ1n) is 8.39. The number of benzene rings is 2. The van der Waals surface area contributed by atoms with Crippen LogP contribution in [-0.2, 0) is 14.3 Å². The molecule has 0 saturated carbocycles. The molecule has 1 atom stereocenters. The summed E-state index contributed by atoms with van der Waals surface area (Å²) in [6.07, 6.45) is 0.691. The predicted octanol–water partition coefficient (Wildman–Crippen LogP) is 4.82. The molecule has 1 aliphatic rings. The van der Waals surface area contributed by atoms with Gasteiger partial charge in [0, 0.05) is 27.7 Å². The lowest BCUT2D eigenvalue weighted by Gasteiger charge is -2.22. The van der Waals surface area contributed by atoms with Crippen LogP contribution in [0.4, 0.5) is 5.69 Å². The molecule has 3 rings (SSSR count). The Bertz CT molecular complexity index is 926. The summed E-state index contributed by atoms with van der Waals surface area (Å²) < 4.78 is 5.91. The molecule has 140 valence electrons. The van der Waals surface area contributed by atoms with Crippen LogP contribution < -0.4 is 4.90 Å². The SMILES string of the molecule is CCCN1C(=O)/C(=C\C(=O)O)O[C@H](c2ccccc2Cl)c2cc(Cl)ccc21. The Hall–Kier alpha value is -2.50. The molecule has 0 fully saturated rings. The number of carboxylic acid groups (broad SMARTS) is 1. The fourth-order valence-electron chi connectivity index (χ4n) is 3.04. The Balaban J connectivity index is 2.27. The van der Waals surface area contributed by atoms with Gasteiger partial charge in [0.05, 0.1) is 11.8 Å². The molecule has 7 heteroatoms. The van der Waals surface area contributed by atoms with Gasteiger partial charge in [0.25, 0.3) is 5.91 Å². The number of amides is 1. The quantitative estimate of drug-likeness (QED) is 0.739. The van der Waals surface area contributed by atoms with Gasteiger partial charge < -0.3 is 14.7 Å². The molecule has 0 aliphatic carbocycles. The molecule has 0 saturated heterocycles. The first kappa shape index (κ1) is 19.3. The second-order valence-electron chi connectivity index (χ2n) is 6.03. The van der Waals surface area contributed by atoms with Crippen LogP contribution in [-0.4, -0.2) is 23.5 Å². The van der Waals surface area contributed by atoms with Crippen molar-refractivity contribution in [3.63, 3.8) is 0 Å². The maximum absolute atomic E-state index is 13.0. The summed E-state index contributed by atoms with van der Waals surface area (Å²) in [7, 11) is 0. The van der Waals surface area contributed by atoms with E-state index in [2.05, 4.69) is 0 Å². The molecule has 0 radical (unpaired) electrons. The first-order valence-corrected chi connectivity index (χ1v) is 9.15. The highest BCUT2D eigenvalue weighted by Gasteiger charge is 2.34. The fourth-order valence-corrected chi connectivity index (χ4v) is 3.45. The van der Waals surface area contributed by atoms with Gasteiger partial charge in [-0.3, -0.25) is 4.79 Å². The van der Waals surface area contributed by atoms with E-state index in [1.54, 1.807) is 42.5 Å². The van der Waals surface area contributed by atoms with Crippen molar-refractivity contribution < 1.29 is 19.4 Å². The number of aliphatic carboxylic acids is 1. The predicted molar refractivity (Wildman–Crippen MR) is 104 cm³/mol. The number of carbonyl (C=O) groups excluding carboxylic acids is 1. The van der Waals surface area contributed by atoms with Crippen molar-refractivity contribution in [1.29, 1.82) is 0 Å². The van der Waals surface area contributed by atoms with E-state index in [1.165, 1.54) is 4.90 Å². The number of rotatable bonds is 4. The number of nitrogens with zero attached hydrogens (tertiary/aromatic N) is 1. The Morgan fingerprint density at radius 1 is 1.22 bits per heavy atom. The van der Waals surface area contributed by atoms with Crippen LogP contribution in [0.5, 0.6) is 0 Å². The van der Waals surface area contributed by atoms with Crippen molar-refractivity contribution in [2.75, 3.05) is 11.4 Å². The highest BCUT2D eigenvalue weighted by atomic mass is 35.5. The lowest BCUT2D eigenvalue weighted by Crippen LogP contribution is -2.32. The lowest BCUT2D eigenvalue weighted by atomic mass is 9.99. The number of hydrogen-bond acceptors (Lipinski definition) is 3. The minimum absolute atomic E-state index is 0.256. The molecule has 1 N–H and O–H groups in total. The number of carbonyl (C=O) groups is 2.